The molecule has 16 heavy (non-hydrogen) atoms. The van der Waals surface area contributed by atoms with Gasteiger partial charge in [-0.3, -0.25) is 0 Å². The number of alkyl halides is 3. The molecule has 0 aromatic heterocycles. The van der Waals surface area contributed by atoms with Gasteiger partial charge in [0.1, 0.15) is 6.04 Å². The molecule has 0 spiro atoms. The molecule has 0 saturated heterocycles. The van der Waals surface area contributed by atoms with Gasteiger partial charge in [-0.15, -0.1) is 0 Å². The first-order valence-electron chi connectivity index (χ1n) is 4.60. The molecule has 8 heteroatoms. The van der Waals surface area contributed by atoms with Crippen LogP contribution in [0.1, 0.15) is 19.8 Å². The van der Waals surface area contributed by atoms with Crippen molar-refractivity contribution in [2.24, 2.45) is 0 Å². The van der Waals surface area contributed by atoms with Crippen LogP contribution in [0.4, 0.5) is 18.0 Å². The molecule has 0 aromatic carbocycles. The van der Waals surface area contributed by atoms with Gasteiger partial charge in [0.05, 0.1) is 6.42 Å². The highest BCUT2D eigenvalue weighted by Gasteiger charge is 2.26. The van der Waals surface area contributed by atoms with Gasteiger partial charge in [-0.1, -0.05) is 6.92 Å². The predicted octanol–water partition coefficient (Wildman–Crippen LogP) is 1.10. The van der Waals surface area contributed by atoms with Gasteiger partial charge in [0, 0.05) is 6.54 Å². The number of carbonyl (C=O) groups is 2. The molecule has 2 amide bonds. The normalized spacial score (nSPS) is 13.0. The smallest absolute Gasteiger partial charge is 0.390 e. The number of halogens is 3. The van der Waals surface area contributed by atoms with Crippen LogP contribution in [0.2, 0.25) is 0 Å². The summed E-state index contributed by atoms with van der Waals surface area (Å²) in [4.78, 5) is 21.4. The lowest BCUT2D eigenvalue weighted by molar-refractivity contribution is -0.139. The summed E-state index contributed by atoms with van der Waals surface area (Å²) in [6, 6.07) is -2.01. The lowest BCUT2D eigenvalue weighted by Crippen LogP contribution is -2.46. The Hall–Kier alpha value is -1.47. The molecule has 0 heterocycles. The van der Waals surface area contributed by atoms with E-state index in [0.717, 1.165) is 0 Å². The van der Waals surface area contributed by atoms with Crippen LogP contribution in [0.15, 0.2) is 0 Å². The molecule has 0 aliphatic heterocycles. The van der Waals surface area contributed by atoms with Gasteiger partial charge in [0.25, 0.3) is 0 Å². The number of nitrogens with one attached hydrogen (secondary N) is 2. The van der Waals surface area contributed by atoms with Crippen LogP contribution in [0.5, 0.6) is 0 Å². The third-order valence-corrected chi connectivity index (χ3v) is 1.71. The molecule has 1 unspecified atom stereocenters. The molecule has 1 atom stereocenters. The van der Waals surface area contributed by atoms with Gasteiger partial charge in [0.2, 0.25) is 0 Å². The summed E-state index contributed by atoms with van der Waals surface area (Å²) in [5.74, 6) is -1.23. The van der Waals surface area contributed by atoms with Crippen molar-refractivity contribution in [2.75, 3.05) is 6.54 Å². The quantitative estimate of drug-likeness (QED) is 0.675. The van der Waals surface area contributed by atoms with Crippen LogP contribution < -0.4 is 10.6 Å². The summed E-state index contributed by atoms with van der Waals surface area (Å²) >= 11 is 0. The number of carboxylic acid groups (broad SMARTS) is 1. The summed E-state index contributed by atoms with van der Waals surface area (Å²) < 4.78 is 35.1. The molecule has 0 aliphatic rings. The lowest BCUT2D eigenvalue weighted by Gasteiger charge is -2.13. The van der Waals surface area contributed by atoms with Gasteiger partial charge in [-0.05, 0) is 6.42 Å². The Morgan fingerprint density at radius 2 is 1.94 bits per heavy atom. The molecule has 0 aromatic rings. The van der Waals surface area contributed by atoms with Crippen molar-refractivity contribution in [3.63, 3.8) is 0 Å². The fraction of sp³-hybridized carbons (Fsp3) is 0.750. The molecule has 0 rings (SSSR count). The van der Waals surface area contributed by atoms with Crippen LogP contribution in [0, 0.1) is 0 Å². The van der Waals surface area contributed by atoms with E-state index in [1.807, 2.05) is 10.6 Å². The maximum absolute atomic E-state index is 11.7. The highest BCUT2D eigenvalue weighted by Crippen LogP contribution is 2.17. The Morgan fingerprint density at radius 3 is 2.31 bits per heavy atom. The van der Waals surface area contributed by atoms with E-state index in [1.165, 1.54) is 6.92 Å². The fourth-order valence-corrected chi connectivity index (χ4v) is 0.865. The van der Waals surface area contributed by atoms with E-state index in [2.05, 4.69) is 0 Å². The first-order valence-corrected chi connectivity index (χ1v) is 4.60. The number of carboxylic acids is 1. The molecule has 0 radical (unpaired) electrons. The number of urea groups is 1. The van der Waals surface area contributed by atoms with E-state index >= 15 is 0 Å². The van der Waals surface area contributed by atoms with Crippen LogP contribution in [0.25, 0.3) is 0 Å². The Balaban J connectivity index is 3.86. The summed E-state index contributed by atoms with van der Waals surface area (Å²) in [6.07, 6.45) is -5.34. The van der Waals surface area contributed by atoms with E-state index in [4.69, 9.17) is 5.11 Å². The number of rotatable bonds is 5. The van der Waals surface area contributed by atoms with Crippen LogP contribution in [-0.4, -0.2) is 35.9 Å². The number of amides is 2. The van der Waals surface area contributed by atoms with E-state index in [0.29, 0.717) is 0 Å². The van der Waals surface area contributed by atoms with Crippen LogP contribution in [-0.2, 0) is 4.79 Å². The van der Waals surface area contributed by atoms with Crippen molar-refractivity contribution in [1.82, 2.24) is 10.6 Å². The van der Waals surface area contributed by atoms with E-state index < -0.39 is 37.2 Å². The van der Waals surface area contributed by atoms with Gasteiger partial charge < -0.3 is 15.7 Å². The van der Waals surface area contributed by atoms with Crippen molar-refractivity contribution >= 4 is 12.0 Å². The van der Waals surface area contributed by atoms with Crippen molar-refractivity contribution < 1.29 is 27.9 Å². The minimum Gasteiger partial charge on any atom is -0.480 e. The highest BCUT2D eigenvalue weighted by molar-refractivity contribution is 5.82. The minimum absolute atomic E-state index is 0.155. The van der Waals surface area contributed by atoms with Gasteiger partial charge in [0.15, 0.2) is 0 Å². The van der Waals surface area contributed by atoms with Crippen molar-refractivity contribution in [3.8, 4) is 0 Å². The predicted molar refractivity (Wildman–Crippen MR) is 48.9 cm³/mol. The molecule has 0 aliphatic carbocycles. The second-order valence-corrected chi connectivity index (χ2v) is 3.06. The number of aliphatic carboxylic acids is 1. The van der Waals surface area contributed by atoms with E-state index in [-0.39, 0.29) is 6.42 Å². The molecule has 3 N–H and O–H groups in total. The maximum Gasteiger partial charge on any atom is 0.390 e. The van der Waals surface area contributed by atoms with E-state index in [1.54, 1.807) is 0 Å². The summed E-state index contributed by atoms with van der Waals surface area (Å²) in [6.45, 7) is 0.958. The summed E-state index contributed by atoms with van der Waals surface area (Å²) in [7, 11) is 0. The zero-order chi connectivity index (χ0) is 12.8. The average molecular weight is 242 g/mol. The lowest BCUT2D eigenvalue weighted by atomic mass is 10.2. The third kappa shape index (κ3) is 6.91. The molecule has 0 saturated carbocycles. The minimum atomic E-state index is -4.34. The first kappa shape index (κ1) is 14.5. The van der Waals surface area contributed by atoms with Crippen LogP contribution in [0.3, 0.4) is 0 Å². The number of carbonyl (C=O) groups excluding carboxylic acids is 1. The number of hydrogen-bond acceptors (Lipinski definition) is 2. The molecular weight excluding hydrogens is 229 g/mol. The molecule has 0 fully saturated rings. The zero-order valence-corrected chi connectivity index (χ0v) is 8.60. The zero-order valence-electron chi connectivity index (χ0n) is 8.60. The van der Waals surface area contributed by atoms with Crippen molar-refractivity contribution in [3.05, 3.63) is 0 Å². The summed E-state index contributed by atoms with van der Waals surface area (Å²) in [5, 5.41) is 12.5. The Bertz CT molecular complexity index is 255. The second-order valence-electron chi connectivity index (χ2n) is 3.06. The SMILES string of the molecule is CCC(NC(=O)NCCC(F)(F)F)C(=O)O. The van der Waals surface area contributed by atoms with Gasteiger partial charge in [-0.2, -0.15) is 13.2 Å². The Kier molecular flexibility index (Phi) is 5.62. The van der Waals surface area contributed by atoms with Crippen molar-refractivity contribution in [2.45, 2.75) is 32.0 Å². The molecule has 0 bridgehead atoms. The maximum atomic E-state index is 11.7. The fourth-order valence-electron chi connectivity index (χ4n) is 0.865. The second kappa shape index (κ2) is 6.19. The average Bonchev–Trinajstić information content (AvgIpc) is 2.11. The summed E-state index contributed by atoms with van der Waals surface area (Å²) in [5.41, 5.74) is 0. The standard InChI is InChI=1S/C8H13F3N2O3/c1-2-5(6(14)15)13-7(16)12-4-3-8(9,10)11/h5H,2-4H2,1H3,(H,14,15)(H2,12,13,16). The largest absolute Gasteiger partial charge is 0.480 e. The highest BCUT2D eigenvalue weighted by atomic mass is 19.4. The van der Waals surface area contributed by atoms with Crippen LogP contribution >= 0.6 is 0 Å². The molecule has 94 valence electrons. The number of hydrogen-bond donors (Lipinski definition) is 3. The monoisotopic (exact) mass is 242 g/mol. The topological polar surface area (TPSA) is 78.4 Å². The third-order valence-electron chi connectivity index (χ3n) is 1.71. The first-order chi connectivity index (χ1) is 7.26. The van der Waals surface area contributed by atoms with Gasteiger partial charge in [-0.25, -0.2) is 9.59 Å². The molecule has 5 nitrogen and oxygen atoms in total. The molecular formula is C8H13F3N2O3. The van der Waals surface area contributed by atoms with Gasteiger partial charge >= 0.3 is 18.2 Å². The Labute approximate surface area is 90.0 Å². The Morgan fingerprint density at radius 1 is 1.38 bits per heavy atom. The van der Waals surface area contributed by atoms with E-state index in [9.17, 15) is 22.8 Å². The van der Waals surface area contributed by atoms with Crippen molar-refractivity contribution in [1.29, 1.82) is 0 Å².